The van der Waals surface area contributed by atoms with Crippen LogP contribution in [-0.4, -0.2) is 12.1 Å². The van der Waals surface area contributed by atoms with Gasteiger partial charge in [-0.15, -0.1) is 0 Å². The maximum absolute atomic E-state index is 11.6. The van der Waals surface area contributed by atoms with E-state index in [0.717, 1.165) is 30.2 Å². The van der Waals surface area contributed by atoms with Gasteiger partial charge in [-0.1, -0.05) is 18.2 Å². The van der Waals surface area contributed by atoms with Crippen LogP contribution in [0.3, 0.4) is 0 Å². The molecule has 0 N–H and O–H groups in total. The van der Waals surface area contributed by atoms with E-state index in [-0.39, 0.29) is 12.1 Å². The fourth-order valence-electron chi connectivity index (χ4n) is 4.77. The van der Waals surface area contributed by atoms with Gasteiger partial charge in [-0.2, -0.15) is 5.26 Å². The number of nitriles is 1. The lowest BCUT2D eigenvalue weighted by molar-refractivity contribution is -0.145. The standard InChI is InChI=1S/C23H29NO2/c1-2-3-23(25)26-22-14-12-21(13-15-22)20-10-8-19(9-11-20)18-6-4-17(16-24)5-7-18/h2-7,19-22H,8-15H2,1H3/b3-2+. The van der Waals surface area contributed by atoms with Gasteiger partial charge in [-0.05, 0) is 93.7 Å². The molecule has 26 heavy (non-hydrogen) atoms. The second-order valence-corrected chi connectivity index (χ2v) is 7.82. The van der Waals surface area contributed by atoms with Crippen molar-refractivity contribution >= 4 is 5.97 Å². The lowest BCUT2D eigenvalue weighted by Gasteiger charge is -2.37. The first-order chi connectivity index (χ1) is 12.7. The first-order valence-corrected chi connectivity index (χ1v) is 10.0. The van der Waals surface area contributed by atoms with Crippen molar-refractivity contribution in [3.63, 3.8) is 0 Å². The molecule has 0 aliphatic heterocycles. The molecule has 0 radical (unpaired) electrons. The van der Waals surface area contributed by atoms with Crippen LogP contribution in [0, 0.1) is 23.2 Å². The fraction of sp³-hybridized carbons (Fsp3) is 0.565. The molecular formula is C23H29NO2. The first-order valence-electron chi connectivity index (χ1n) is 10.0. The zero-order chi connectivity index (χ0) is 18.4. The van der Waals surface area contributed by atoms with Crippen LogP contribution in [0.2, 0.25) is 0 Å². The normalized spacial score (nSPS) is 29.2. The minimum atomic E-state index is -0.195. The fourth-order valence-corrected chi connectivity index (χ4v) is 4.77. The Kier molecular flexibility index (Phi) is 6.50. The number of esters is 1. The van der Waals surface area contributed by atoms with Gasteiger partial charge in [-0.3, -0.25) is 0 Å². The third-order valence-electron chi connectivity index (χ3n) is 6.25. The van der Waals surface area contributed by atoms with E-state index in [2.05, 4.69) is 18.2 Å². The van der Waals surface area contributed by atoms with E-state index in [1.54, 1.807) is 6.08 Å². The largest absolute Gasteiger partial charge is 0.459 e. The highest BCUT2D eigenvalue weighted by Crippen LogP contribution is 2.43. The number of hydrogen-bond donors (Lipinski definition) is 0. The Bertz CT molecular complexity index is 654. The molecule has 3 nitrogen and oxygen atoms in total. The van der Waals surface area contributed by atoms with Gasteiger partial charge < -0.3 is 4.74 Å². The molecular weight excluding hydrogens is 322 g/mol. The van der Waals surface area contributed by atoms with Crippen LogP contribution in [0.15, 0.2) is 36.4 Å². The molecule has 0 saturated heterocycles. The maximum atomic E-state index is 11.6. The second-order valence-electron chi connectivity index (χ2n) is 7.82. The number of allylic oxidation sites excluding steroid dienone is 1. The summed E-state index contributed by atoms with van der Waals surface area (Å²) in [6.07, 6.45) is 12.9. The lowest BCUT2D eigenvalue weighted by Crippen LogP contribution is -2.29. The molecule has 138 valence electrons. The molecule has 2 aliphatic carbocycles. The summed E-state index contributed by atoms with van der Waals surface area (Å²) in [7, 11) is 0. The van der Waals surface area contributed by atoms with E-state index < -0.39 is 0 Å². The van der Waals surface area contributed by atoms with Crippen molar-refractivity contribution in [3.8, 4) is 6.07 Å². The van der Waals surface area contributed by atoms with Gasteiger partial charge >= 0.3 is 5.97 Å². The van der Waals surface area contributed by atoms with Crippen LogP contribution in [0.25, 0.3) is 0 Å². The second kappa shape index (κ2) is 9.03. The summed E-state index contributed by atoms with van der Waals surface area (Å²) < 4.78 is 5.51. The van der Waals surface area contributed by atoms with Crippen molar-refractivity contribution in [2.45, 2.75) is 70.3 Å². The Morgan fingerprint density at radius 1 is 1.00 bits per heavy atom. The Balaban J connectivity index is 1.44. The molecule has 0 aromatic heterocycles. The number of hydrogen-bond acceptors (Lipinski definition) is 3. The van der Waals surface area contributed by atoms with Crippen LogP contribution < -0.4 is 0 Å². The summed E-state index contributed by atoms with van der Waals surface area (Å²) in [5, 5.41) is 8.93. The molecule has 0 amide bonds. The zero-order valence-corrected chi connectivity index (χ0v) is 15.7. The molecule has 2 fully saturated rings. The van der Waals surface area contributed by atoms with Crippen LogP contribution in [0.5, 0.6) is 0 Å². The zero-order valence-electron chi connectivity index (χ0n) is 15.7. The van der Waals surface area contributed by atoms with Crippen molar-refractivity contribution in [2.75, 3.05) is 0 Å². The molecule has 2 aliphatic rings. The van der Waals surface area contributed by atoms with E-state index in [9.17, 15) is 4.79 Å². The number of ether oxygens (including phenoxy) is 1. The third-order valence-corrected chi connectivity index (χ3v) is 6.25. The SMILES string of the molecule is C/C=C/C(=O)OC1CCC(C2CCC(c3ccc(C#N)cc3)CC2)CC1. The summed E-state index contributed by atoms with van der Waals surface area (Å²) in [5.74, 6) is 2.08. The summed E-state index contributed by atoms with van der Waals surface area (Å²) in [6.45, 7) is 1.84. The Morgan fingerprint density at radius 3 is 2.12 bits per heavy atom. The van der Waals surface area contributed by atoms with Gasteiger partial charge in [0, 0.05) is 6.08 Å². The molecule has 1 aromatic rings. The predicted molar refractivity (Wildman–Crippen MR) is 103 cm³/mol. The van der Waals surface area contributed by atoms with E-state index in [1.807, 2.05) is 19.1 Å². The summed E-state index contributed by atoms with van der Waals surface area (Å²) in [4.78, 5) is 11.6. The Labute approximate surface area is 157 Å². The van der Waals surface area contributed by atoms with E-state index in [1.165, 1.54) is 50.2 Å². The highest BCUT2D eigenvalue weighted by Gasteiger charge is 2.32. The smallest absolute Gasteiger partial charge is 0.330 e. The summed E-state index contributed by atoms with van der Waals surface area (Å²) in [5.41, 5.74) is 2.14. The van der Waals surface area contributed by atoms with Crippen molar-refractivity contribution in [2.24, 2.45) is 11.8 Å². The average Bonchev–Trinajstić information content (AvgIpc) is 2.69. The van der Waals surface area contributed by atoms with Gasteiger partial charge in [-0.25, -0.2) is 4.79 Å². The molecule has 3 heteroatoms. The predicted octanol–water partition coefficient (Wildman–Crippen LogP) is 5.51. The van der Waals surface area contributed by atoms with E-state index >= 15 is 0 Å². The van der Waals surface area contributed by atoms with Gasteiger partial charge in [0.2, 0.25) is 0 Å². The maximum Gasteiger partial charge on any atom is 0.330 e. The lowest BCUT2D eigenvalue weighted by atomic mass is 9.69. The third kappa shape index (κ3) is 4.75. The molecule has 1 aromatic carbocycles. The highest BCUT2D eigenvalue weighted by atomic mass is 16.5. The van der Waals surface area contributed by atoms with E-state index in [0.29, 0.717) is 5.92 Å². The minimum Gasteiger partial charge on any atom is -0.459 e. The highest BCUT2D eigenvalue weighted by molar-refractivity contribution is 5.81. The number of carbonyl (C=O) groups is 1. The van der Waals surface area contributed by atoms with Crippen molar-refractivity contribution < 1.29 is 9.53 Å². The quantitative estimate of drug-likeness (QED) is 0.531. The van der Waals surface area contributed by atoms with Crippen molar-refractivity contribution in [1.29, 1.82) is 5.26 Å². The number of benzene rings is 1. The molecule has 0 heterocycles. The van der Waals surface area contributed by atoms with Crippen molar-refractivity contribution in [1.82, 2.24) is 0 Å². The monoisotopic (exact) mass is 351 g/mol. The van der Waals surface area contributed by atoms with Gasteiger partial charge in [0.25, 0.3) is 0 Å². The average molecular weight is 351 g/mol. The summed E-state index contributed by atoms with van der Waals surface area (Å²) >= 11 is 0. The van der Waals surface area contributed by atoms with Gasteiger partial charge in [0.1, 0.15) is 6.10 Å². The van der Waals surface area contributed by atoms with E-state index in [4.69, 9.17) is 10.00 Å². The molecule has 2 saturated carbocycles. The van der Waals surface area contributed by atoms with Crippen LogP contribution in [-0.2, 0) is 9.53 Å². The molecule has 3 rings (SSSR count). The number of rotatable bonds is 4. The summed E-state index contributed by atoms with van der Waals surface area (Å²) in [6, 6.07) is 10.3. The topological polar surface area (TPSA) is 50.1 Å². The molecule has 0 bridgehead atoms. The van der Waals surface area contributed by atoms with Crippen molar-refractivity contribution in [3.05, 3.63) is 47.5 Å². The molecule has 0 unspecified atom stereocenters. The number of carbonyl (C=O) groups excluding carboxylic acids is 1. The van der Waals surface area contributed by atoms with Gasteiger partial charge in [0.15, 0.2) is 0 Å². The minimum absolute atomic E-state index is 0.116. The Hall–Kier alpha value is -2.08. The van der Waals surface area contributed by atoms with Crippen LogP contribution in [0.1, 0.15) is 75.3 Å². The first kappa shape index (κ1) is 18.7. The number of nitrogens with zero attached hydrogens (tertiary/aromatic N) is 1. The van der Waals surface area contributed by atoms with Gasteiger partial charge in [0.05, 0.1) is 11.6 Å². The van der Waals surface area contributed by atoms with Crippen LogP contribution in [0.4, 0.5) is 0 Å². The Morgan fingerprint density at radius 2 is 1.58 bits per heavy atom. The molecule has 0 spiro atoms. The van der Waals surface area contributed by atoms with Crippen LogP contribution >= 0.6 is 0 Å². The molecule has 0 atom stereocenters.